The number of piperazine rings is 1. The molecule has 0 aliphatic carbocycles. The van der Waals surface area contributed by atoms with Gasteiger partial charge in [0.2, 0.25) is 5.91 Å². The third-order valence-corrected chi connectivity index (χ3v) is 7.02. The summed E-state index contributed by atoms with van der Waals surface area (Å²) in [6, 6.07) is 4.54. The van der Waals surface area contributed by atoms with Crippen molar-refractivity contribution in [3.05, 3.63) is 29.3 Å². The lowest BCUT2D eigenvalue weighted by Crippen LogP contribution is -2.51. The van der Waals surface area contributed by atoms with Crippen molar-refractivity contribution in [3.8, 4) is 0 Å². The molecule has 2 heterocycles. The van der Waals surface area contributed by atoms with Gasteiger partial charge in [-0.25, -0.2) is 13.2 Å². The first-order valence-electron chi connectivity index (χ1n) is 11.2. The highest BCUT2D eigenvalue weighted by molar-refractivity contribution is 7.90. The highest BCUT2D eigenvalue weighted by Crippen LogP contribution is 2.32. The zero-order valence-corrected chi connectivity index (χ0v) is 21.1. The number of nitrogens with zero attached hydrogens (tertiary/aromatic N) is 2. The topological polar surface area (TPSA) is 122 Å². The number of carbonyl (C=O) groups excluding carboxylic acids is 3. The van der Waals surface area contributed by atoms with E-state index in [1.807, 2.05) is 0 Å². The second-order valence-electron chi connectivity index (χ2n) is 9.73. The van der Waals surface area contributed by atoms with E-state index in [1.165, 1.54) is 21.9 Å². The molecule has 2 atom stereocenters. The summed E-state index contributed by atoms with van der Waals surface area (Å²) in [6.45, 7) is 7.22. The van der Waals surface area contributed by atoms with Crippen LogP contribution in [-0.4, -0.2) is 94.4 Å². The van der Waals surface area contributed by atoms with Gasteiger partial charge < -0.3 is 24.6 Å². The van der Waals surface area contributed by atoms with Gasteiger partial charge in [0, 0.05) is 52.0 Å². The maximum atomic E-state index is 13.3. The van der Waals surface area contributed by atoms with Gasteiger partial charge in [0.15, 0.2) is 9.84 Å². The zero-order valence-electron chi connectivity index (χ0n) is 20.3. The van der Waals surface area contributed by atoms with E-state index in [2.05, 4.69) is 5.32 Å². The van der Waals surface area contributed by atoms with Gasteiger partial charge in [-0.2, -0.15) is 0 Å². The fourth-order valence-corrected chi connectivity index (χ4v) is 5.18. The van der Waals surface area contributed by atoms with Crippen LogP contribution in [0.1, 0.15) is 42.6 Å². The highest BCUT2D eigenvalue weighted by atomic mass is 32.2. The lowest BCUT2D eigenvalue weighted by Gasteiger charge is -2.35. The summed E-state index contributed by atoms with van der Waals surface area (Å²) >= 11 is 0. The van der Waals surface area contributed by atoms with Crippen molar-refractivity contribution in [2.45, 2.75) is 37.2 Å². The quantitative estimate of drug-likeness (QED) is 0.652. The van der Waals surface area contributed by atoms with Crippen molar-refractivity contribution >= 4 is 27.7 Å². The van der Waals surface area contributed by atoms with Crippen molar-refractivity contribution in [1.29, 1.82) is 0 Å². The largest absolute Gasteiger partial charge is 0.444 e. The summed E-state index contributed by atoms with van der Waals surface area (Å²) in [5.74, 6) is -1.31. The number of hydrogen-bond donors (Lipinski definition) is 1. The summed E-state index contributed by atoms with van der Waals surface area (Å²) < 4.78 is 35.8. The molecule has 10 nitrogen and oxygen atoms in total. The number of ether oxygens (including phenoxy) is 2. The number of benzene rings is 1. The lowest BCUT2D eigenvalue weighted by atomic mass is 9.88. The molecular weight excluding hydrogens is 462 g/mol. The Morgan fingerprint density at radius 1 is 1.12 bits per heavy atom. The van der Waals surface area contributed by atoms with E-state index < -0.39 is 33.4 Å². The van der Waals surface area contributed by atoms with Gasteiger partial charge >= 0.3 is 6.09 Å². The molecule has 2 aliphatic heterocycles. The van der Waals surface area contributed by atoms with Crippen LogP contribution in [0.4, 0.5) is 4.79 Å². The molecule has 1 N–H and O–H groups in total. The van der Waals surface area contributed by atoms with E-state index >= 15 is 0 Å². The number of carbonyl (C=O) groups is 3. The minimum absolute atomic E-state index is 0.0543. The second kappa shape index (κ2) is 9.91. The minimum atomic E-state index is -3.76. The first kappa shape index (κ1) is 26.0. The number of rotatable bonds is 5. The molecule has 188 valence electrons. The standard InChI is InChI=1S/C23H33N3O7S/c1-23(2,3)33-22(29)26-10-8-25(9-11-26)21(28)17-7-6-15(12-18(17)34(5,30)31)19-16(14-32-4)13-24-20(19)27/h6-7,12,16,19H,8-11,13-14H2,1-5H3,(H,24,27)/t16?,19-/m0/s1. The predicted octanol–water partition coefficient (Wildman–Crippen LogP) is 1.26. The summed E-state index contributed by atoms with van der Waals surface area (Å²) in [4.78, 5) is 40.9. The second-order valence-corrected chi connectivity index (χ2v) is 11.7. The molecule has 3 amide bonds. The summed E-state index contributed by atoms with van der Waals surface area (Å²) in [5, 5.41) is 2.79. The maximum Gasteiger partial charge on any atom is 0.410 e. The van der Waals surface area contributed by atoms with Crippen LogP contribution in [0.2, 0.25) is 0 Å². The average molecular weight is 496 g/mol. The molecule has 2 fully saturated rings. The first-order valence-corrected chi connectivity index (χ1v) is 13.1. The van der Waals surface area contributed by atoms with E-state index in [9.17, 15) is 22.8 Å². The van der Waals surface area contributed by atoms with Crippen molar-refractivity contribution in [1.82, 2.24) is 15.1 Å². The lowest BCUT2D eigenvalue weighted by molar-refractivity contribution is -0.120. The maximum absolute atomic E-state index is 13.3. The number of hydrogen-bond acceptors (Lipinski definition) is 7. The SMILES string of the molecule is COCC1CNC(=O)[C@H]1c1ccc(C(=O)N2CCN(C(=O)OC(C)(C)C)CC2)c(S(C)(=O)=O)c1. The van der Waals surface area contributed by atoms with Crippen LogP contribution < -0.4 is 5.32 Å². The molecule has 34 heavy (non-hydrogen) atoms. The minimum Gasteiger partial charge on any atom is -0.444 e. The Morgan fingerprint density at radius 3 is 2.29 bits per heavy atom. The van der Waals surface area contributed by atoms with Crippen molar-refractivity contribution in [3.63, 3.8) is 0 Å². The Hall–Kier alpha value is -2.66. The molecule has 0 radical (unpaired) electrons. The molecular formula is C23H33N3O7S. The summed E-state index contributed by atoms with van der Waals surface area (Å²) in [5.41, 5.74) is -0.0308. The fraction of sp³-hybridized carbons (Fsp3) is 0.609. The molecule has 2 aliphatic rings. The summed E-state index contributed by atoms with van der Waals surface area (Å²) in [7, 11) is -2.21. The molecule has 1 unspecified atom stereocenters. The number of amides is 3. The van der Waals surface area contributed by atoms with Crippen molar-refractivity contribution in [2.75, 3.05) is 52.7 Å². The van der Waals surface area contributed by atoms with Crippen LogP contribution in [0, 0.1) is 5.92 Å². The molecule has 2 saturated heterocycles. The normalized spacial score (nSPS) is 21.4. The molecule has 0 saturated carbocycles. The Morgan fingerprint density at radius 2 is 1.74 bits per heavy atom. The predicted molar refractivity (Wildman–Crippen MR) is 124 cm³/mol. The van der Waals surface area contributed by atoms with Gasteiger partial charge in [-0.15, -0.1) is 0 Å². The number of nitrogens with one attached hydrogen (secondary N) is 1. The monoisotopic (exact) mass is 495 g/mol. The van der Waals surface area contributed by atoms with Gasteiger partial charge in [-0.05, 0) is 38.5 Å². The van der Waals surface area contributed by atoms with Gasteiger partial charge in [0.05, 0.1) is 23.0 Å². The van der Waals surface area contributed by atoms with Crippen LogP contribution in [0.25, 0.3) is 0 Å². The van der Waals surface area contributed by atoms with Crippen LogP contribution in [0.3, 0.4) is 0 Å². The smallest absolute Gasteiger partial charge is 0.410 e. The number of sulfone groups is 1. The third-order valence-electron chi connectivity index (χ3n) is 5.89. The molecule has 3 rings (SSSR count). The van der Waals surface area contributed by atoms with Crippen LogP contribution in [-0.2, 0) is 24.1 Å². The molecule has 1 aromatic rings. The molecule has 0 bridgehead atoms. The van der Waals surface area contributed by atoms with Crippen LogP contribution in [0.5, 0.6) is 0 Å². The number of methoxy groups -OCH3 is 1. The van der Waals surface area contributed by atoms with Crippen molar-refractivity contribution in [2.24, 2.45) is 5.92 Å². The first-order chi connectivity index (χ1) is 15.8. The Bertz CT molecular complexity index is 1060. The molecule has 0 spiro atoms. The van der Waals surface area contributed by atoms with E-state index in [-0.39, 0.29) is 48.5 Å². The van der Waals surface area contributed by atoms with E-state index in [4.69, 9.17) is 9.47 Å². The Kier molecular flexibility index (Phi) is 7.56. The molecule has 0 aromatic heterocycles. The third kappa shape index (κ3) is 5.87. The Labute approximate surface area is 200 Å². The molecule has 11 heteroatoms. The van der Waals surface area contributed by atoms with Gasteiger partial charge in [0.1, 0.15) is 5.60 Å². The Balaban J connectivity index is 1.81. The van der Waals surface area contributed by atoms with E-state index in [0.29, 0.717) is 18.7 Å². The average Bonchev–Trinajstić information content (AvgIpc) is 3.11. The van der Waals surface area contributed by atoms with Gasteiger partial charge in [0.25, 0.3) is 5.91 Å². The van der Waals surface area contributed by atoms with Gasteiger partial charge in [-0.1, -0.05) is 6.07 Å². The fourth-order valence-electron chi connectivity index (χ4n) is 4.27. The van der Waals surface area contributed by atoms with Gasteiger partial charge in [-0.3, -0.25) is 9.59 Å². The van der Waals surface area contributed by atoms with E-state index in [1.54, 1.807) is 33.9 Å². The van der Waals surface area contributed by atoms with Crippen LogP contribution in [0.15, 0.2) is 23.1 Å². The molecule has 1 aromatic carbocycles. The van der Waals surface area contributed by atoms with Crippen LogP contribution >= 0.6 is 0 Å². The zero-order chi connectivity index (χ0) is 25.3. The van der Waals surface area contributed by atoms with E-state index in [0.717, 1.165) is 6.26 Å². The van der Waals surface area contributed by atoms with Crippen molar-refractivity contribution < 1.29 is 32.3 Å². The summed E-state index contributed by atoms with van der Waals surface area (Å²) in [6.07, 6.45) is 0.603. The highest BCUT2D eigenvalue weighted by Gasteiger charge is 2.37.